The third kappa shape index (κ3) is 4.50. The van der Waals surface area contributed by atoms with Crippen molar-refractivity contribution in [2.24, 2.45) is 0 Å². The Bertz CT molecular complexity index is 838. The van der Waals surface area contributed by atoms with Gasteiger partial charge in [0.2, 0.25) is 0 Å². The van der Waals surface area contributed by atoms with E-state index < -0.39 is 21.6 Å². The second-order valence-electron chi connectivity index (χ2n) is 5.76. The van der Waals surface area contributed by atoms with Crippen LogP contribution >= 0.6 is 11.6 Å². The van der Waals surface area contributed by atoms with E-state index in [1.807, 2.05) is 66.7 Å². The van der Waals surface area contributed by atoms with Crippen LogP contribution in [0.5, 0.6) is 0 Å². The first-order chi connectivity index (χ1) is 12.7. The maximum atomic E-state index is 12.6. The standard InChI is InChI=1S/C22H19ClO2S/c23-22(26(25)19-14-8-3-9-15-19)21(24)16-20(17-10-4-1-5-11-17)18-12-6-2-7-13-18/h1-16,21-22,24H. The Morgan fingerprint density at radius 3 is 1.69 bits per heavy atom. The molecule has 3 atom stereocenters. The largest absolute Gasteiger partial charge is 0.386 e. The monoisotopic (exact) mass is 382 g/mol. The SMILES string of the molecule is O=S(c1ccccc1)C(Cl)C(O)C=C(c1ccccc1)c1ccccc1. The van der Waals surface area contributed by atoms with E-state index in [0.29, 0.717) is 4.90 Å². The van der Waals surface area contributed by atoms with Gasteiger partial charge in [-0.2, -0.15) is 0 Å². The lowest BCUT2D eigenvalue weighted by atomic mass is 9.96. The van der Waals surface area contributed by atoms with Crippen molar-refractivity contribution in [3.05, 3.63) is 108 Å². The van der Waals surface area contributed by atoms with Crippen molar-refractivity contribution in [1.82, 2.24) is 0 Å². The Labute approximate surface area is 161 Å². The van der Waals surface area contributed by atoms with Crippen molar-refractivity contribution in [2.45, 2.75) is 15.7 Å². The molecule has 3 rings (SSSR count). The zero-order valence-electron chi connectivity index (χ0n) is 14.0. The van der Waals surface area contributed by atoms with E-state index in [1.165, 1.54) is 0 Å². The van der Waals surface area contributed by atoms with Gasteiger partial charge < -0.3 is 5.11 Å². The van der Waals surface area contributed by atoms with Crippen LogP contribution in [-0.2, 0) is 10.8 Å². The van der Waals surface area contributed by atoms with Crippen molar-refractivity contribution in [3.8, 4) is 0 Å². The molecule has 0 aliphatic carbocycles. The van der Waals surface area contributed by atoms with E-state index >= 15 is 0 Å². The molecular weight excluding hydrogens is 364 g/mol. The molecule has 0 saturated carbocycles. The lowest BCUT2D eigenvalue weighted by Gasteiger charge is -2.16. The predicted octanol–water partition coefficient (Wildman–Crippen LogP) is 4.85. The average molecular weight is 383 g/mol. The first-order valence-corrected chi connectivity index (χ1v) is 9.92. The van der Waals surface area contributed by atoms with Gasteiger partial charge in [-0.1, -0.05) is 78.9 Å². The molecule has 0 heterocycles. The molecule has 0 aliphatic rings. The van der Waals surface area contributed by atoms with Crippen molar-refractivity contribution < 1.29 is 9.32 Å². The van der Waals surface area contributed by atoms with Crippen LogP contribution in [0.15, 0.2) is 102 Å². The molecule has 0 amide bonds. The molecule has 0 saturated heterocycles. The van der Waals surface area contributed by atoms with Crippen molar-refractivity contribution in [1.29, 1.82) is 0 Å². The van der Waals surface area contributed by atoms with Gasteiger partial charge in [0.25, 0.3) is 0 Å². The van der Waals surface area contributed by atoms with Crippen LogP contribution in [0.2, 0.25) is 0 Å². The van der Waals surface area contributed by atoms with Crippen molar-refractivity contribution in [2.75, 3.05) is 0 Å². The first kappa shape index (κ1) is 18.6. The van der Waals surface area contributed by atoms with E-state index in [2.05, 4.69) is 0 Å². The summed E-state index contributed by atoms with van der Waals surface area (Å²) in [5, 5.41) is 10.6. The fraction of sp³-hybridized carbons (Fsp3) is 0.0909. The molecular formula is C22H19ClO2S. The summed E-state index contributed by atoms with van der Waals surface area (Å²) in [5.74, 6) is 0. The summed E-state index contributed by atoms with van der Waals surface area (Å²) in [7, 11) is -1.52. The zero-order chi connectivity index (χ0) is 18.4. The van der Waals surface area contributed by atoms with Gasteiger partial charge in [0.05, 0.1) is 10.8 Å². The molecule has 0 spiro atoms. The molecule has 3 unspecified atom stereocenters. The lowest BCUT2D eigenvalue weighted by Crippen LogP contribution is -2.24. The molecule has 0 aliphatic heterocycles. The third-order valence-corrected chi connectivity index (χ3v) is 6.12. The van der Waals surface area contributed by atoms with Crippen molar-refractivity contribution in [3.63, 3.8) is 0 Å². The van der Waals surface area contributed by atoms with Crippen LogP contribution in [0.3, 0.4) is 0 Å². The number of aliphatic hydroxyl groups is 1. The summed E-state index contributed by atoms with van der Waals surface area (Å²) in [5.41, 5.74) is 2.79. The van der Waals surface area contributed by atoms with Crippen LogP contribution in [0, 0.1) is 0 Å². The van der Waals surface area contributed by atoms with E-state index in [4.69, 9.17) is 11.6 Å². The van der Waals surface area contributed by atoms with Crippen molar-refractivity contribution >= 4 is 28.0 Å². The maximum absolute atomic E-state index is 12.6. The molecule has 0 fully saturated rings. The number of halogens is 1. The molecule has 1 N–H and O–H groups in total. The fourth-order valence-corrected chi connectivity index (χ4v) is 4.05. The summed E-state index contributed by atoms with van der Waals surface area (Å²) in [4.78, 5) is 0.598. The smallest absolute Gasteiger partial charge is 0.143 e. The van der Waals surface area contributed by atoms with Crippen LogP contribution in [0.25, 0.3) is 5.57 Å². The van der Waals surface area contributed by atoms with Crippen LogP contribution in [0.1, 0.15) is 11.1 Å². The van der Waals surface area contributed by atoms with Gasteiger partial charge in [0.15, 0.2) is 0 Å². The predicted molar refractivity (Wildman–Crippen MR) is 108 cm³/mol. The highest BCUT2D eigenvalue weighted by atomic mass is 35.5. The molecule has 0 radical (unpaired) electrons. The number of aliphatic hydroxyl groups excluding tert-OH is 1. The number of hydrogen-bond donors (Lipinski definition) is 1. The van der Waals surface area contributed by atoms with Gasteiger partial charge in [-0.05, 0) is 34.9 Å². The van der Waals surface area contributed by atoms with Gasteiger partial charge in [0.1, 0.15) is 10.8 Å². The average Bonchev–Trinajstić information content (AvgIpc) is 2.72. The van der Waals surface area contributed by atoms with E-state index in [1.54, 1.807) is 30.3 Å². The molecule has 2 nitrogen and oxygen atoms in total. The van der Waals surface area contributed by atoms with Gasteiger partial charge in [-0.25, -0.2) is 0 Å². The van der Waals surface area contributed by atoms with Crippen LogP contribution < -0.4 is 0 Å². The maximum Gasteiger partial charge on any atom is 0.143 e. The summed E-state index contributed by atoms with van der Waals surface area (Å²) >= 11 is 6.34. The van der Waals surface area contributed by atoms with Gasteiger partial charge in [-0.15, -0.1) is 11.6 Å². The minimum atomic E-state index is -1.52. The quantitative estimate of drug-likeness (QED) is 0.618. The lowest BCUT2D eigenvalue weighted by molar-refractivity contribution is 0.238. The second kappa shape index (κ2) is 8.95. The Hall–Kier alpha value is -2.20. The Balaban J connectivity index is 1.93. The number of hydrogen-bond acceptors (Lipinski definition) is 2. The van der Waals surface area contributed by atoms with Gasteiger partial charge >= 0.3 is 0 Å². The topological polar surface area (TPSA) is 37.3 Å². The summed E-state index contributed by atoms with van der Waals surface area (Å²) < 4.78 is 11.7. The zero-order valence-corrected chi connectivity index (χ0v) is 15.6. The van der Waals surface area contributed by atoms with Gasteiger partial charge in [0, 0.05) is 4.90 Å². The summed E-state index contributed by atoms with van der Waals surface area (Å²) in [6.45, 7) is 0. The molecule has 0 bridgehead atoms. The summed E-state index contributed by atoms with van der Waals surface area (Å²) in [6.07, 6.45) is 0.622. The minimum Gasteiger partial charge on any atom is -0.386 e. The second-order valence-corrected chi connectivity index (χ2v) is 8.07. The first-order valence-electron chi connectivity index (χ1n) is 8.27. The Morgan fingerprint density at radius 2 is 1.23 bits per heavy atom. The minimum absolute atomic E-state index is 0.598. The van der Waals surface area contributed by atoms with E-state index in [-0.39, 0.29) is 0 Å². The van der Waals surface area contributed by atoms with Gasteiger partial charge in [-0.3, -0.25) is 4.21 Å². The number of alkyl halides is 1. The molecule has 0 aromatic heterocycles. The molecule has 3 aromatic carbocycles. The van der Waals surface area contributed by atoms with E-state index in [0.717, 1.165) is 16.7 Å². The normalized spacial score (nSPS) is 14.2. The highest BCUT2D eigenvalue weighted by Gasteiger charge is 2.23. The Morgan fingerprint density at radius 1 is 0.808 bits per heavy atom. The van der Waals surface area contributed by atoms with Crippen LogP contribution in [-0.4, -0.2) is 20.1 Å². The summed E-state index contributed by atoms with van der Waals surface area (Å²) in [6, 6.07) is 28.5. The fourth-order valence-electron chi connectivity index (χ4n) is 2.65. The van der Waals surface area contributed by atoms with Crippen LogP contribution in [0.4, 0.5) is 0 Å². The molecule has 26 heavy (non-hydrogen) atoms. The number of rotatable bonds is 6. The van der Waals surface area contributed by atoms with E-state index in [9.17, 15) is 9.32 Å². The highest BCUT2D eigenvalue weighted by molar-refractivity contribution is 7.87. The molecule has 132 valence electrons. The number of benzene rings is 3. The molecule has 4 heteroatoms. The molecule has 3 aromatic rings. The third-order valence-electron chi connectivity index (χ3n) is 3.96. The highest BCUT2D eigenvalue weighted by Crippen LogP contribution is 2.26. The Kier molecular flexibility index (Phi) is 6.40.